The van der Waals surface area contributed by atoms with Gasteiger partial charge in [0.05, 0.1) is 5.69 Å². The van der Waals surface area contributed by atoms with Gasteiger partial charge in [0.15, 0.2) is 5.13 Å². The lowest BCUT2D eigenvalue weighted by Gasteiger charge is -2.18. The zero-order valence-corrected chi connectivity index (χ0v) is 11.0. The predicted molar refractivity (Wildman–Crippen MR) is 67.2 cm³/mol. The summed E-state index contributed by atoms with van der Waals surface area (Å²) in [5, 5.41) is 4.07. The average Bonchev–Trinajstić information content (AvgIpc) is 2.42. The van der Waals surface area contributed by atoms with Crippen molar-refractivity contribution in [3.8, 4) is 0 Å². The molecule has 0 aliphatic carbocycles. The van der Waals surface area contributed by atoms with Crippen LogP contribution in [-0.2, 0) is 12.0 Å². The zero-order valence-electron chi connectivity index (χ0n) is 10.2. The molecule has 0 radical (unpaired) electrons. The van der Waals surface area contributed by atoms with E-state index in [1.165, 1.54) is 4.88 Å². The molecule has 0 aliphatic rings. The molecule has 0 fully saturated rings. The van der Waals surface area contributed by atoms with Gasteiger partial charge in [-0.25, -0.2) is 4.98 Å². The number of hydrogen-bond donors (Lipinski definition) is 2. The van der Waals surface area contributed by atoms with E-state index >= 15 is 0 Å². The Labute approximate surface area is 96.1 Å². The molecule has 0 aliphatic heterocycles. The zero-order chi connectivity index (χ0) is 11.6. The summed E-state index contributed by atoms with van der Waals surface area (Å²) in [5.74, 6) is 0. The van der Waals surface area contributed by atoms with E-state index in [1.54, 1.807) is 11.3 Å². The number of nitrogen functional groups attached to an aromatic ring is 1. The quantitative estimate of drug-likeness (QED) is 0.834. The van der Waals surface area contributed by atoms with Gasteiger partial charge in [-0.3, -0.25) is 0 Å². The van der Waals surface area contributed by atoms with Crippen molar-refractivity contribution >= 4 is 16.5 Å². The highest BCUT2D eigenvalue weighted by atomic mass is 32.1. The summed E-state index contributed by atoms with van der Waals surface area (Å²) >= 11 is 1.59. The monoisotopic (exact) mass is 227 g/mol. The minimum Gasteiger partial charge on any atom is -0.375 e. The molecule has 1 aromatic heterocycles. The molecule has 0 spiro atoms. The van der Waals surface area contributed by atoms with Gasteiger partial charge >= 0.3 is 0 Å². The summed E-state index contributed by atoms with van der Waals surface area (Å²) in [5.41, 5.74) is 6.96. The maximum atomic E-state index is 5.76. The van der Waals surface area contributed by atoms with Crippen molar-refractivity contribution in [2.75, 3.05) is 5.73 Å². The molecule has 1 heterocycles. The van der Waals surface area contributed by atoms with E-state index < -0.39 is 0 Å². The van der Waals surface area contributed by atoms with Crippen LogP contribution >= 0.6 is 11.3 Å². The normalized spacial score (nSPS) is 12.4. The van der Waals surface area contributed by atoms with Crippen molar-refractivity contribution in [1.82, 2.24) is 10.3 Å². The van der Waals surface area contributed by atoms with Crippen LogP contribution < -0.4 is 11.1 Å². The minimum absolute atomic E-state index is 0.0715. The van der Waals surface area contributed by atoms with Crippen LogP contribution in [0.2, 0.25) is 0 Å². The molecule has 3 nitrogen and oxygen atoms in total. The molecule has 86 valence electrons. The molecule has 0 atom stereocenters. The molecule has 0 aromatic carbocycles. The Morgan fingerprint density at radius 3 is 2.47 bits per heavy atom. The number of rotatable bonds is 3. The molecular weight excluding hydrogens is 206 g/mol. The van der Waals surface area contributed by atoms with Crippen LogP contribution in [0.4, 0.5) is 5.13 Å². The smallest absolute Gasteiger partial charge is 0.180 e. The molecule has 4 heteroatoms. The first-order valence-corrected chi connectivity index (χ1v) is 6.11. The molecule has 1 rings (SSSR count). The Morgan fingerprint density at radius 2 is 2.00 bits per heavy atom. The first kappa shape index (κ1) is 12.5. The van der Waals surface area contributed by atoms with Crippen LogP contribution in [0.5, 0.6) is 0 Å². The standard InChI is InChI=1S/C11H21N3S/c1-7(2)13-6-8-9(11(3,4)5)14-10(12)15-8/h7,13H,6H2,1-5H3,(H2,12,14). The molecular formula is C11H21N3S. The molecule has 0 saturated carbocycles. The maximum absolute atomic E-state index is 5.76. The van der Waals surface area contributed by atoms with Gasteiger partial charge in [-0.05, 0) is 0 Å². The third-order valence-electron chi connectivity index (χ3n) is 2.10. The SMILES string of the molecule is CC(C)NCc1sc(N)nc1C(C)(C)C. The highest BCUT2D eigenvalue weighted by Crippen LogP contribution is 2.30. The minimum atomic E-state index is 0.0715. The van der Waals surface area contributed by atoms with Crippen molar-refractivity contribution in [1.29, 1.82) is 0 Å². The molecule has 3 N–H and O–H groups in total. The number of thiazole rings is 1. The van der Waals surface area contributed by atoms with Gasteiger partial charge < -0.3 is 11.1 Å². The fourth-order valence-corrected chi connectivity index (χ4v) is 2.37. The Bertz CT molecular complexity index is 323. The van der Waals surface area contributed by atoms with E-state index in [9.17, 15) is 0 Å². The second-order valence-electron chi connectivity index (χ2n) is 5.11. The van der Waals surface area contributed by atoms with Gasteiger partial charge in [0, 0.05) is 22.9 Å². The molecule has 15 heavy (non-hydrogen) atoms. The lowest BCUT2D eigenvalue weighted by atomic mass is 9.91. The van der Waals surface area contributed by atoms with Crippen LogP contribution in [0.3, 0.4) is 0 Å². The summed E-state index contributed by atoms with van der Waals surface area (Å²) in [6.07, 6.45) is 0. The van der Waals surface area contributed by atoms with Gasteiger partial charge in [-0.2, -0.15) is 0 Å². The number of nitrogens with zero attached hydrogens (tertiary/aromatic N) is 1. The topological polar surface area (TPSA) is 50.9 Å². The lowest BCUT2D eigenvalue weighted by molar-refractivity contribution is 0.546. The van der Waals surface area contributed by atoms with E-state index in [-0.39, 0.29) is 5.41 Å². The third-order valence-corrected chi connectivity index (χ3v) is 2.98. The van der Waals surface area contributed by atoms with Crippen LogP contribution in [0.1, 0.15) is 45.2 Å². The van der Waals surface area contributed by atoms with Crippen molar-refractivity contribution in [2.45, 2.75) is 52.6 Å². The highest BCUT2D eigenvalue weighted by molar-refractivity contribution is 7.15. The van der Waals surface area contributed by atoms with Gasteiger partial charge in [0.2, 0.25) is 0 Å². The fraction of sp³-hybridized carbons (Fsp3) is 0.727. The number of hydrogen-bond acceptors (Lipinski definition) is 4. The first-order valence-electron chi connectivity index (χ1n) is 5.29. The summed E-state index contributed by atoms with van der Waals surface area (Å²) in [6, 6.07) is 0.487. The Hall–Kier alpha value is -0.610. The third kappa shape index (κ3) is 3.47. The maximum Gasteiger partial charge on any atom is 0.180 e. The molecule has 0 amide bonds. The van der Waals surface area contributed by atoms with Crippen molar-refractivity contribution in [3.05, 3.63) is 10.6 Å². The van der Waals surface area contributed by atoms with Gasteiger partial charge in [-0.1, -0.05) is 34.6 Å². The summed E-state index contributed by atoms with van der Waals surface area (Å²) in [4.78, 5) is 5.67. The number of nitrogens with one attached hydrogen (secondary N) is 1. The van der Waals surface area contributed by atoms with E-state index in [1.807, 2.05) is 0 Å². The Kier molecular flexibility index (Phi) is 3.73. The second-order valence-corrected chi connectivity index (χ2v) is 6.22. The van der Waals surface area contributed by atoms with Crippen LogP contribution in [0.15, 0.2) is 0 Å². The van der Waals surface area contributed by atoms with Crippen molar-refractivity contribution < 1.29 is 0 Å². The Balaban J connectivity index is 2.87. The lowest BCUT2D eigenvalue weighted by Crippen LogP contribution is -2.23. The van der Waals surface area contributed by atoms with E-state index in [4.69, 9.17) is 5.73 Å². The van der Waals surface area contributed by atoms with Gasteiger partial charge in [0.1, 0.15) is 0 Å². The van der Waals surface area contributed by atoms with Crippen LogP contribution in [-0.4, -0.2) is 11.0 Å². The van der Waals surface area contributed by atoms with E-state index in [2.05, 4.69) is 44.9 Å². The molecule has 1 aromatic rings. The highest BCUT2D eigenvalue weighted by Gasteiger charge is 2.22. The van der Waals surface area contributed by atoms with E-state index in [0.717, 1.165) is 12.2 Å². The van der Waals surface area contributed by atoms with Crippen molar-refractivity contribution in [2.24, 2.45) is 0 Å². The van der Waals surface area contributed by atoms with Crippen LogP contribution in [0.25, 0.3) is 0 Å². The number of anilines is 1. The fourth-order valence-electron chi connectivity index (χ4n) is 1.37. The summed E-state index contributed by atoms with van der Waals surface area (Å²) in [6.45, 7) is 11.6. The predicted octanol–water partition coefficient (Wildman–Crippen LogP) is 2.52. The first-order chi connectivity index (χ1) is 6.80. The van der Waals surface area contributed by atoms with E-state index in [0.29, 0.717) is 11.2 Å². The molecule has 0 saturated heterocycles. The summed E-state index contributed by atoms with van der Waals surface area (Å²) < 4.78 is 0. The Morgan fingerprint density at radius 1 is 1.40 bits per heavy atom. The van der Waals surface area contributed by atoms with Crippen molar-refractivity contribution in [3.63, 3.8) is 0 Å². The number of nitrogens with two attached hydrogens (primary N) is 1. The second kappa shape index (κ2) is 4.49. The largest absolute Gasteiger partial charge is 0.375 e. The van der Waals surface area contributed by atoms with Gasteiger partial charge in [0.25, 0.3) is 0 Å². The van der Waals surface area contributed by atoms with Gasteiger partial charge in [-0.15, -0.1) is 11.3 Å². The average molecular weight is 227 g/mol. The molecule has 0 unspecified atom stereocenters. The molecule has 0 bridgehead atoms. The van der Waals surface area contributed by atoms with Crippen LogP contribution in [0, 0.1) is 0 Å². The summed E-state index contributed by atoms with van der Waals surface area (Å²) in [7, 11) is 0. The number of aromatic nitrogens is 1.